The monoisotopic (exact) mass is 280 g/mol. The molecule has 0 aromatic heterocycles. The normalized spacial score (nSPS) is 14.1. The predicted octanol–water partition coefficient (Wildman–Crippen LogP) is 0.803. The van der Waals surface area contributed by atoms with Crippen molar-refractivity contribution in [1.29, 1.82) is 0 Å². The Labute approximate surface area is 120 Å². The van der Waals surface area contributed by atoms with Gasteiger partial charge in [-0.3, -0.25) is 9.69 Å². The number of carbonyl (C=O) groups excluding carboxylic acids is 1. The fourth-order valence-electron chi connectivity index (χ4n) is 1.99. The summed E-state index contributed by atoms with van der Waals surface area (Å²) in [6.45, 7) is 3.16. The summed E-state index contributed by atoms with van der Waals surface area (Å²) in [7, 11) is 3.42. The van der Waals surface area contributed by atoms with Crippen LogP contribution in [0, 0.1) is 0 Å². The number of hydrogen-bond acceptors (Lipinski definition) is 4. The fraction of sp³-hybridized carbons (Fsp3) is 0.533. The summed E-state index contributed by atoms with van der Waals surface area (Å²) in [5.41, 5.74) is 0.940. The van der Waals surface area contributed by atoms with Crippen LogP contribution in [0.1, 0.15) is 18.5 Å². The molecule has 2 N–H and O–H groups in total. The maximum Gasteiger partial charge on any atom is 0.242 e. The molecule has 0 saturated heterocycles. The molecule has 5 nitrogen and oxygen atoms in total. The smallest absolute Gasteiger partial charge is 0.242 e. The minimum atomic E-state index is -0.688. The molecule has 0 heterocycles. The van der Waals surface area contributed by atoms with Crippen LogP contribution in [0.15, 0.2) is 30.3 Å². The molecule has 2 unspecified atom stereocenters. The van der Waals surface area contributed by atoms with Gasteiger partial charge in [-0.05, 0) is 19.2 Å². The third-order valence-electron chi connectivity index (χ3n) is 3.17. The van der Waals surface area contributed by atoms with Gasteiger partial charge in [0.25, 0.3) is 0 Å². The zero-order valence-electron chi connectivity index (χ0n) is 12.4. The number of amides is 1. The number of aliphatic hydroxyl groups is 1. The van der Waals surface area contributed by atoms with E-state index < -0.39 is 6.10 Å². The van der Waals surface area contributed by atoms with Gasteiger partial charge in [0.05, 0.1) is 12.7 Å². The summed E-state index contributed by atoms with van der Waals surface area (Å²) in [6.07, 6.45) is -0.688. The van der Waals surface area contributed by atoms with Crippen LogP contribution in [-0.2, 0) is 9.53 Å². The molecule has 0 aliphatic carbocycles. The summed E-state index contributed by atoms with van der Waals surface area (Å²) < 4.78 is 4.84. The molecular formula is C15H24N2O3. The highest BCUT2D eigenvalue weighted by molar-refractivity contribution is 5.83. The number of hydrogen-bond donors (Lipinski definition) is 2. The molecule has 1 aromatic carbocycles. The van der Waals surface area contributed by atoms with Crippen molar-refractivity contribution < 1.29 is 14.6 Å². The van der Waals surface area contributed by atoms with Crippen LogP contribution in [0.4, 0.5) is 0 Å². The van der Waals surface area contributed by atoms with Gasteiger partial charge in [-0.1, -0.05) is 37.3 Å². The average Bonchev–Trinajstić information content (AvgIpc) is 2.46. The lowest BCUT2D eigenvalue weighted by Crippen LogP contribution is -2.42. The largest absolute Gasteiger partial charge is 0.389 e. The van der Waals surface area contributed by atoms with Crippen molar-refractivity contribution in [2.75, 3.05) is 33.9 Å². The molecule has 0 aliphatic heterocycles. The predicted molar refractivity (Wildman–Crippen MR) is 78.4 cm³/mol. The third-order valence-corrected chi connectivity index (χ3v) is 3.17. The minimum absolute atomic E-state index is 0.115. The zero-order chi connectivity index (χ0) is 15.0. The molecule has 20 heavy (non-hydrogen) atoms. The fourth-order valence-corrected chi connectivity index (χ4v) is 1.99. The van der Waals surface area contributed by atoms with Gasteiger partial charge in [-0.2, -0.15) is 0 Å². The summed E-state index contributed by atoms with van der Waals surface area (Å²) >= 11 is 0. The summed E-state index contributed by atoms with van der Waals surface area (Å²) in [5.74, 6) is -0.115. The molecule has 0 aliphatic rings. The number of aliphatic hydroxyl groups excluding tert-OH is 1. The maximum atomic E-state index is 12.3. The highest BCUT2D eigenvalue weighted by Crippen LogP contribution is 2.19. The van der Waals surface area contributed by atoms with E-state index in [1.807, 2.05) is 49.2 Å². The molecule has 5 heteroatoms. The summed E-state index contributed by atoms with van der Waals surface area (Å²) in [5, 5.41) is 12.4. The number of nitrogens with zero attached hydrogens (tertiary/aromatic N) is 1. The average molecular weight is 280 g/mol. The Morgan fingerprint density at radius 2 is 2.05 bits per heavy atom. The third kappa shape index (κ3) is 4.92. The molecular weight excluding hydrogens is 256 g/mol. The van der Waals surface area contributed by atoms with Gasteiger partial charge in [0, 0.05) is 13.7 Å². The Hall–Kier alpha value is -1.43. The van der Waals surface area contributed by atoms with Gasteiger partial charge in [-0.15, -0.1) is 0 Å². The first-order valence-corrected chi connectivity index (χ1v) is 6.80. The van der Waals surface area contributed by atoms with Gasteiger partial charge in [0.1, 0.15) is 6.04 Å². The van der Waals surface area contributed by atoms with Crippen LogP contribution in [0.5, 0.6) is 0 Å². The second-order valence-corrected chi connectivity index (χ2v) is 4.74. The van der Waals surface area contributed by atoms with Gasteiger partial charge in [0.2, 0.25) is 5.91 Å². The lowest BCUT2D eigenvalue weighted by atomic mass is 10.0. The quantitative estimate of drug-likeness (QED) is 0.739. The molecule has 0 radical (unpaired) electrons. The molecule has 1 rings (SSSR count). The van der Waals surface area contributed by atoms with E-state index >= 15 is 0 Å². The van der Waals surface area contributed by atoms with Crippen LogP contribution < -0.4 is 5.32 Å². The van der Waals surface area contributed by atoms with Crippen molar-refractivity contribution in [1.82, 2.24) is 10.2 Å². The van der Waals surface area contributed by atoms with Gasteiger partial charge in [0.15, 0.2) is 0 Å². The van der Waals surface area contributed by atoms with Crippen molar-refractivity contribution >= 4 is 5.91 Å². The first-order valence-electron chi connectivity index (χ1n) is 6.80. The van der Waals surface area contributed by atoms with Gasteiger partial charge >= 0.3 is 0 Å². The molecule has 0 bridgehead atoms. The van der Waals surface area contributed by atoms with E-state index in [9.17, 15) is 9.90 Å². The molecule has 112 valence electrons. The van der Waals surface area contributed by atoms with E-state index in [1.54, 1.807) is 0 Å². The van der Waals surface area contributed by atoms with E-state index in [0.29, 0.717) is 0 Å². The first-order chi connectivity index (χ1) is 9.60. The Balaban J connectivity index is 2.71. The Kier molecular flexibility index (Phi) is 7.22. The highest BCUT2D eigenvalue weighted by Gasteiger charge is 2.24. The Morgan fingerprint density at radius 3 is 2.60 bits per heavy atom. The standard InChI is InChI=1S/C15H24N2O3/c1-4-17(2)14(12-8-6-5-7-9-12)15(19)16-10-13(18)11-20-3/h5-9,13-14,18H,4,10-11H2,1-3H3,(H,16,19). The summed E-state index contributed by atoms with van der Waals surface area (Å²) in [6, 6.07) is 9.27. The van der Waals surface area contributed by atoms with Crippen molar-refractivity contribution in [3.63, 3.8) is 0 Å². The van der Waals surface area contributed by atoms with Crippen molar-refractivity contribution in [2.45, 2.75) is 19.1 Å². The molecule has 0 fully saturated rings. The minimum Gasteiger partial charge on any atom is -0.389 e. The lowest BCUT2D eigenvalue weighted by molar-refractivity contribution is -0.126. The maximum absolute atomic E-state index is 12.3. The van der Waals surface area contributed by atoms with Crippen molar-refractivity contribution in [2.24, 2.45) is 0 Å². The summed E-state index contributed by atoms with van der Waals surface area (Å²) in [4.78, 5) is 14.3. The van der Waals surface area contributed by atoms with Crippen LogP contribution in [-0.4, -0.2) is 55.9 Å². The molecule has 1 amide bonds. The van der Waals surface area contributed by atoms with Gasteiger partial charge in [-0.25, -0.2) is 0 Å². The van der Waals surface area contributed by atoms with Gasteiger partial charge < -0.3 is 15.2 Å². The topological polar surface area (TPSA) is 61.8 Å². The molecule has 0 saturated carbocycles. The number of nitrogens with one attached hydrogen (secondary N) is 1. The zero-order valence-corrected chi connectivity index (χ0v) is 12.4. The van der Waals surface area contributed by atoms with Crippen LogP contribution >= 0.6 is 0 Å². The van der Waals surface area contributed by atoms with Crippen LogP contribution in [0.3, 0.4) is 0 Å². The number of methoxy groups -OCH3 is 1. The SMILES string of the molecule is CCN(C)C(C(=O)NCC(O)COC)c1ccccc1. The first kappa shape index (κ1) is 16.6. The number of ether oxygens (including phenoxy) is 1. The number of carbonyl (C=O) groups is 1. The number of benzene rings is 1. The lowest BCUT2D eigenvalue weighted by Gasteiger charge is -2.26. The van der Waals surface area contributed by atoms with E-state index in [4.69, 9.17) is 4.74 Å². The van der Waals surface area contributed by atoms with Crippen molar-refractivity contribution in [3.8, 4) is 0 Å². The molecule has 0 spiro atoms. The van der Waals surface area contributed by atoms with Crippen molar-refractivity contribution in [3.05, 3.63) is 35.9 Å². The molecule has 2 atom stereocenters. The second-order valence-electron chi connectivity index (χ2n) is 4.74. The highest BCUT2D eigenvalue weighted by atomic mass is 16.5. The van der Waals surface area contributed by atoms with Crippen LogP contribution in [0.25, 0.3) is 0 Å². The van der Waals surface area contributed by atoms with E-state index in [-0.39, 0.29) is 25.1 Å². The van der Waals surface area contributed by atoms with E-state index in [1.165, 1.54) is 7.11 Å². The second kappa shape index (κ2) is 8.68. The van der Waals surface area contributed by atoms with E-state index in [0.717, 1.165) is 12.1 Å². The Morgan fingerprint density at radius 1 is 1.40 bits per heavy atom. The van der Waals surface area contributed by atoms with E-state index in [2.05, 4.69) is 5.32 Å². The number of rotatable bonds is 8. The number of likely N-dealkylation sites (N-methyl/N-ethyl adjacent to an activating group) is 1. The Bertz CT molecular complexity index is 397. The molecule has 1 aromatic rings. The van der Waals surface area contributed by atoms with Crippen LogP contribution in [0.2, 0.25) is 0 Å².